The third-order valence-corrected chi connectivity index (χ3v) is 4.52. The van der Waals surface area contributed by atoms with Gasteiger partial charge >= 0.3 is 0 Å². The number of nitro benzene ring substituents is 1. The molecule has 27 heavy (non-hydrogen) atoms. The zero-order valence-electron chi connectivity index (χ0n) is 14.7. The highest BCUT2D eigenvalue weighted by atomic mass is 16.6. The first-order valence-corrected chi connectivity index (χ1v) is 8.58. The Labute approximate surface area is 156 Å². The van der Waals surface area contributed by atoms with E-state index in [2.05, 4.69) is 16.3 Å². The van der Waals surface area contributed by atoms with Crippen LogP contribution in [0.4, 0.5) is 17.1 Å². The van der Waals surface area contributed by atoms with E-state index < -0.39 is 4.92 Å². The smallest absolute Gasteiger partial charge is 0.269 e. The van der Waals surface area contributed by atoms with Crippen LogP contribution in [0.25, 0.3) is 0 Å². The van der Waals surface area contributed by atoms with Crippen molar-refractivity contribution in [3.05, 3.63) is 64.2 Å². The second-order valence-electron chi connectivity index (χ2n) is 6.18. The zero-order chi connectivity index (χ0) is 19.2. The van der Waals surface area contributed by atoms with Crippen LogP contribution in [0.2, 0.25) is 0 Å². The molecule has 0 radical (unpaired) electrons. The number of benzene rings is 2. The highest BCUT2D eigenvalue weighted by molar-refractivity contribution is 5.81. The summed E-state index contributed by atoms with van der Waals surface area (Å²) in [5, 5.41) is 22.6. The number of non-ortho nitro benzene ring substituents is 1. The molecule has 1 heterocycles. The number of hydrogen-bond donors (Lipinski definition) is 1. The van der Waals surface area contributed by atoms with Gasteiger partial charge in [-0.2, -0.15) is 5.26 Å². The van der Waals surface area contributed by atoms with E-state index in [4.69, 9.17) is 5.26 Å². The number of carbonyl (C=O) groups excluding carboxylic acids is 1. The van der Waals surface area contributed by atoms with Crippen LogP contribution < -0.4 is 10.2 Å². The van der Waals surface area contributed by atoms with Gasteiger partial charge in [-0.3, -0.25) is 14.9 Å². The minimum Gasteiger partial charge on any atom is -0.376 e. The Kier molecular flexibility index (Phi) is 5.52. The molecule has 1 aliphatic heterocycles. The van der Waals surface area contributed by atoms with Gasteiger partial charge in [-0.15, -0.1) is 0 Å². The van der Waals surface area contributed by atoms with Gasteiger partial charge in [0.25, 0.3) is 5.69 Å². The summed E-state index contributed by atoms with van der Waals surface area (Å²) in [6.45, 7) is 2.76. The lowest BCUT2D eigenvalue weighted by atomic mass is 10.2. The highest BCUT2D eigenvalue weighted by Gasteiger charge is 2.21. The SMILES string of the molecule is N#Cc1ccc(NCC(=O)N2CCN(c3ccc([N+](=O)[O-])cc3)CC2)cc1. The van der Waals surface area contributed by atoms with Crippen molar-refractivity contribution in [2.75, 3.05) is 42.9 Å². The van der Waals surface area contributed by atoms with Crippen molar-refractivity contribution in [1.29, 1.82) is 5.26 Å². The Morgan fingerprint density at radius 2 is 1.70 bits per heavy atom. The van der Waals surface area contributed by atoms with Gasteiger partial charge in [-0.05, 0) is 36.4 Å². The first kappa shape index (κ1) is 18.2. The first-order chi connectivity index (χ1) is 13.1. The van der Waals surface area contributed by atoms with Crippen LogP contribution in [-0.4, -0.2) is 48.5 Å². The fraction of sp³-hybridized carbons (Fsp3) is 0.263. The van der Waals surface area contributed by atoms with Crippen LogP contribution in [0.5, 0.6) is 0 Å². The normalized spacial score (nSPS) is 13.7. The number of nitro groups is 1. The zero-order valence-corrected chi connectivity index (χ0v) is 14.7. The van der Waals surface area contributed by atoms with Crippen LogP contribution in [0.1, 0.15) is 5.56 Å². The van der Waals surface area contributed by atoms with Crippen LogP contribution in [0.3, 0.4) is 0 Å². The molecular weight excluding hydrogens is 346 g/mol. The summed E-state index contributed by atoms with van der Waals surface area (Å²) in [5.41, 5.74) is 2.37. The maximum Gasteiger partial charge on any atom is 0.269 e. The molecule has 2 aromatic rings. The summed E-state index contributed by atoms with van der Waals surface area (Å²) < 4.78 is 0. The summed E-state index contributed by atoms with van der Waals surface area (Å²) in [6.07, 6.45) is 0. The van der Waals surface area contributed by atoms with Crippen molar-refractivity contribution in [3.8, 4) is 6.07 Å². The van der Waals surface area contributed by atoms with E-state index in [1.165, 1.54) is 12.1 Å². The predicted octanol–water partition coefficient (Wildman–Crippen LogP) is 2.23. The number of rotatable bonds is 5. The summed E-state index contributed by atoms with van der Waals surface area (Å²) in [6, 6.07) is 15.5. The maximum absolute atomic E-state index is 12.4. The lowest BCUT2D eigenvalue weighted by molar-refractivity contribution is -0.384. The molecule has 0 bridgehead atoms. The third-order valence-electron chi connectivity index (χ3n) is 4.52. The van der Waals surface area contributed by atoms with Crippen LogP contribution in [-0.2, 0) is 4.79 Å². The van der Waals surface area contributed by atoms with Crippen molar-refractivity contribution < 1.29 is 9.72 Å². The molecule has 0 aliphatic carbocycles. The monoisotopic (exact) mass is 365 g/mol. The average molecular weight is 365 g/mol. The number of anilines is 2. The summed E-state index contributed by atoms with van der Waals surface area (Å²) in [5.74, 6) is 0.0164. The van der Waals surface area contributed by atoms with E-state index in [-0.39, 0.29) is 18.1 Å². The molecule has 1 amide bonds. The Hall–Kier alpha value is -3.60. The topological polar surface area (TPSA) is 103 Å². The standard InChI is InChI=1S/C19H19N5O3/c20-13-15-1-3-16(4-2-15)21-14-19(25)23-11-9-22(10-12-23)17-5-7-18(8-6-17)24(26)27/h1-8,21H,9-12,14H2. The van der Waals surface area contributed by atoms with Crippen molar-refractivity contribution in [2.45, 2.75) is 0 Å². The number of nitrogens with one attached hydrogen (secondary N) is 1. The quantitative estimate of drug-likeness (QED) is 0.644. The minimum atomic E-state index is -0.415. The molecule has 0 aromatic heterocycles. The molecule has 0 atom stereocenters. The Morgan fingerprint density at radius 3 is 2.26 bits per heavy atom. The van der Waals surface area contributed by atoms with Crippen molar-refractivity contribution in [3.63, 3.8) is 0 Å². The van der Waals surface area contributed by atoms with Gasteiger partial charge < -0.3 is 15.1 Å². The molecule has 0 unspecified atom stereocenters. The van der Waals surface area contributed by atoms with Crippen LogP contribution >= 0.6 is 0 Å². The predicted molar refractivity (Wildman–Crippen MR) is 102 cm³/mol. The first-order valence-electron chi connectivity index (χ1n) is 8.58. The van der Waals surface area contributed by atoms with Gasteiger partial charge in [0.2, 0.25) is 5.91 Å². The molecule has 3 rings (SSSR count). The van der Waals surface area contributed by atoms with E-state index in [9.17, 15) is 14.9 Å². The summed E-state index contributed by atoms with van der Waals surface area (Å²) in [7, 11) is 0. The second kappa shape index (κ2) is 8.19. The van der Waals surface area contributed by atoms with E-state index in [1.807, 2.05) is 0 Å². The molecule has 1 fully saturated rings. The number of piperazine rings is 1. The summed E-state index contributed by atoms with van der Waals surface area (Å²) >= 11 is 0. The molecular formula is C19H19N5O3. The molecule has 1 saturated heterocycles. The number of hydrogen-bond acceptors (Lipinski definition) is 6. The fourth-order valence-electron chi connectivity index (χ4n) is 2.95. The highest BCUT2D eigenvalue weighted by Crippen LogP contribution is 2.20. The lowest BCUT2D eigenvalue weighted by Crippen LogP contribution is -2.50. The van der Waals surface area contributed by atoms with Crippen molar-refractivity contribution >= 4 is 23.0 Å². The van der Waals surface area contributed by atoms with E-state index in [1.54, 1.807) is 41.3 Å². The van der Waals surface area contributed by atoms with E-state index in [0.29, 0.717) is 31.7 Å². The Balaban J connectivity index is 1.48. The number of carbonyl (C=O) groups is 1. The molecule has 8 nitrogen and oxygen atoms in total. The second-order valence-corrected chi connectivity index (χ2v) is 6.18. The molecule has 0 saturated carbocycles. The van der Waals surface area contributed by atoms with Gasteiger partial charge in [-0.1, -0.05) is 0 Å². The molecule has 1 N–H and O–H groups in total. The largest absolute Gasteiger partial charge is 0.376 e. The van der Waals surface area contributed by atoms with Gasteiger partial charge in [0.05, 0.1) is 23.1 Å². The van der Waals surface area contributed by atoms with Crippen LogP contribution in [0, 0.1) is 21.4 Å². The molecule has 138 valence electrons. The van der Waals surface area contributed by atoms with E-state index in [0.717, 1.165) is 11.4 Å². The number of amides is 1. The number of nitriles is 1. The maximum atomic E-state index is 12.4. The third kappa shape index (κ3) is 4.52. The van der Waals surface area contributed by atoms with Crippen LogP contribution in [0.15, 0.2) is 48.5 Å². The van der Waals surface area contributed by atoms with Gasteiger partial charge in [-0.25, -0.2) is 0 Å². The molecule has 2 aromatic carbocycles. The van der Waals surface area contributed by atoms with Gasteiger partial charge in [0.1, 0.15) is 0 Å². The van der Waals surface area contributed by atoms with Crippen molar-refractivity contribution in [2.24, 2.45) is 0 Å². The Morgan fingerprint density at radius 1 is 1.07 bits per heavy atom. The lowest BCUT2D eigenvalue weighted by Gasteiger charge is -2.36. The molecule has 0 spiro atoms. The molecule has 1 aliphatic rings. The Bertz CT molecular complexity index is 850. The van der Waals surface area contributed by atoms with Gasteiger partial charge in [0.15, 0.2) is 0 Å². The minimum absolute atomic E-state index is 0.0164. The van der Waals surface area contributed by atoms with E-state index >= 15 is 0 Å². The van der Waals surface area contributed by atoms with Crippen molar-refractivity contribution in [1.82, 2.24) is 4.90 Å². The summed E-state index contributed by atoms with van der Waals surface area (Å²) in [4.78, 5) is 26.6. The fourth-order valence-corrected chi connectivity index (χ4v) is 2.95. The average Bonchev–Trinajstić information content (AvgIpc) is 2.72. The van der Waals surface area contributed by atoms with Gasteiger partial charge in [0, 0.05) is 49.7 Å². The number of nitrogens with zero attached hydrogens (tertiary/aromatic N) is 4. The molecule has 8 heteroatoms.